The molecule has 10 heteroatoms. The third-order valence-corrected chi connectivity index (χ3v) is 5.81. The standard InChI is InChI=1S/C23H29N7O3/c1-4-20(31)29-7-5-17(6-8-29)33-19-15-26-22-21(28-19)18(14-25-22)16(2)13-27-23(24-3)30-9-11-32-12-10-30/h4,13-15,17H,1,3,5-12H2,2H3,(H,25,26)/b16-13+,27-23?. The second-order valence-corrected chi connectivity index (χ2v) is 7.95. The smallest absolute Gasteiger partial charge is 0.245 e. The van der Waals surface area contributed by atoms with E-state index in [1.807, 2.05) is 13.1 Å². The minimum absolute atomic E-state index is 0.0102. The van der Waals surface area contributed by atoms with Gasteiger partial charge in [-0.2, -0.15) is 0 Å². The summed E-state index contributed by atoms with van der Waals surface area (Å²) in [4.78, 5) is 36.5. The van der Waals surface area contributed by atoms with Crippen molar-refractivity contribution in [3.8, 4) is 5.88 Å². The Morgan fingerprint density at radius 3 is 2.73 bits per heavy atom. The Labute approximate surface area is 192 Å². The van der Waals surface area contributed by atoms with Crippen molar-refractivity contribution in [3.05, 3.63) is 36.8 Å². The molecule has 0 unspecified atom stereocenters. The third kappa shape index (κ3) is 5.28. The predicted molar refractivity (Wildman–Crippen MR) is 127 cm³/mol. The molecule has 4 heterocycles. The van der Waals surface area contributed by atoms with Gasteiger partial charge in [0.1, 0.15) is 11.6 Å². The van der Waals surface area contributed by atoms with Crippen LogP contribution in [0.25, 0.3) is 16.7 Å². The van der Waals surface area contributed by atoms with Gasteiger partial charge in [0.15, 0.2) is 5.65 Å². The highest BCUT2D eigenvalue weighted by Crippen LogP contribution is 2.25. The molecule has 2 fully saturated rings. The molecule has 0 aliphatic carbocycles. The van der Waals surface area contributed by atoms with Crippen LogP contribution in [0.2, 0.25) is 0 Å². The number of ether oxygens (including phenoxy) is 2. The number of carbonyl (C=O) groups excluding carboxylic acids is 1. The lowest BCUT2D eigenvalue weighted by Crippen LogP contribution is -2.41. The number of guanidine groups is 1. The Balaban J connectivity index is 1.48. The number of aromatic amines is 1. The number of H-pyrrole nitrogens is 1. The number of allylic oxidation sites excluding steroid dienone is 1. The Morgan fingerprint density at radius 1 is 1.27 bits per heavy atom. The Morgan fingerprint density at radius 2 is 2.03 bits per heavy atom. The summed E-state index contributed by atoms with van der Waals surface area (Å²) in [6, 6.07) is 0. The molecule has 0 aromatic carbocycles. The molecule has 2 saturated heterocycles. The first-order valence-electron chi connectivity index (χ1n) is 11.1. The van der Waals surface area contributed by atoms with E-state index in [9.17, 15) is 4.79 Å². The summed E-state index contributed by atoms with van der Waals surface area (Å²) < 4.78 is 11.5. The van der Waals surface area contributed by atoms with Gasteiger partial charge in [-0.25, -0.2) is 20.0 Å². The molecular weight excluding hydrogens is 422 g/mol. The van der Waals surface area contributed by atoms with Crippen molar-refractivity contribution in [2.75, 3.05) is 39.4 Å². The van der Waals surface area contributed by atoms with Crippen LogP contribution in [-0.2, 0) is 9.53 Å². The largest absolute Gasteiger partial charge is 0.473 e. The lowest BCUT2D eigenvalue weighted by molar-refractivity contribution is -0.127. The maximum absolute atomic E-state index is 11.8. The molecule has 1 amide bonds. The van der Waals surface area contributed by atoms with E-state index in [2.05, 4.69) is 38.1 Å². The zero-order chi connectivity index (χ0) is 23.2. The number of amides is 1. The Kier molecular flexibility index (Phi) is 7.13. The first-order chi connectivity index (χ1) is 16.1. The van der Waals surface area contributed by atoms with E-state index in [0.717, 1.165) is 42.6 Å². The van der Waals surface area contributed by atoms with Crippen molar-refractivity contribution in [1.82, 2.24) is 24.8 Å². The number of rotatable bonds is 5. The van der Waals surface area contributed by atoms with Crippen LogP contribution in [0.1, 0.15) is 25.3 Å². The second-order valence-electron chi connectivity index (χ2n) is 7.95. The number of aliphatic imine (C=N–C) groups is 2. The van der Waals surface area contributed by atoms with Crippen molar-refractivity contribution >= 4 is 35.3 Å². The third-order valence-electron chi connectivity index (χ3n) is 5.81. The van der Waals surface area contributed by atoms with Gasteiger partial charge in [-0.05, 0) is 25.3 Å². The summed E-state index contributed by atoms with van der Waals surface area (Å²) in [7, 11) is 0. The summed E-state index contributed by atoms with van der Waals surface area (Å²) in [5.41, 5.74) is 3.20. The molecule has 0 atom stereocenters. The number of carbonyl (C=O) groups is 1. The predicted octanol–water partition coefficient (Wildman–Crippen LogP) is 2.26. The van der Waals surface area contributed by atoms with Gasteiger partial charge in [0, 0.05) is 57.0 Å². The van der Waals surface area contributed by atoms with Gasteiger partial charge in [-0.15, -0.1) is 0 Å². The number of nitrogens with one attached hydrogen (secondary N) is 1. The molecule has 0 bridgehead atoms. The van der Waals surface area contributed by atoms with E-state index in [-0.39, 0.29) is 12.0 Å². The van der Waals surface area contributed by atoms with E-state index in [1.54, 1.807) is 17.3 Å². The van der Waals surface area contributed by atoms with Crippen molar-refractivity contribution in [2.45, 2.75) is 25.9 Å². The number of piperidine rings is 1. The molecule has 2 aromatic rings. The van der Waals surface area contributed by atoms with Crippen LogP contribution in [0.3, 0.4) is 0 Å². The van der Waals surface area contributed by atoms with Crippen LogP contribution < -0.4 is 4.74 Å². The maximum atomic E-state index is 11.8. The first kappa shape index (κ1) is 22.7. The SMILES string of the molecule is C=CC(=O)N1CCC(Oc2cnc3[nH]cc(/C(C)=C/N=C(N=C)N4CCOCC4)c3n2)CC1. The van der Waals surface area contributed by atoms with Gasteiger partial charge in [0.05, 0.1) is 19.4 Å². The van der Waals surface area contributed by atoms with Gasteiger partial charge >= 0.3 is 0 Å². The van der Waals surface area contributed by atoms with Crippen molar-refractivity contribution in [2.24, 2.45) is 9.98 Å². The molecule has 4 rings (SSSR count). The van der Waals surface area contributed by atoms with Crippen molar-refractivity contribution in [1.29, 1.82) is 0 Å². The highest BCUT2D eigenvalue weighted by Gasteiger charge is 2.23. The fourth-order valence-corrected chi connectivity index (χ4v) is 3.94. The zero-order valence-corrected chi connectivity index (χ0v) is 18.9. The molecule has 0 radical (unpaired) electrons. The zero-order valence-electron chi connectivity index (χ0n) is 18.9. The van der Waals surface area contributed by atoms with E-state index < -0.39 is 0 Å². The van der Waals surface area contributed by atoms with Crippen LogP contribution in [0.15, 0.2) is 41.2 Å². The van der Waals surface area contributed by atoms with Crippen molar-refractivity contribution in [3.63, 3.8) is 0 Å². The lowest BCUT2D eigenvalue weighted by atomic mass is 10.1. The van der Waals surface area contributed by atoms with Gasteiger partial charge in [-0.1, -0.05) is 6.58 Å². The topological polar surface area (TPSA) is 108 Å². The van der Waals surface area contributed by atoms with Crippen LogP contribution in [0, 0.1) is 0 Å². The fraction of sp³-hybridized carbons (Fsp3) is 0.435. The summed E-state index contributed by atoms with van der Waals surface area (Å²) in [6.45, 7) is 13.2. The van der Waals surface area contributed by atoms with E-state index in [4.69, 9.17) is 14.5 Å². The number of nitrogens with zero attached hydrogens (tertiary/aromatic N) is 6. The van der Waals surface area contributed by atoms with Gasteiger partial charge in [0.2, 0.25) is 17.7 Å². The molecule has 0 spiro atoms. The number of morpholine rings is 1. The molecule has 174 valence electrons. The average molecular weight is 452 g/mol. The van der Waals surface area contributed by atoms with Crippen LogP contribution >= 0.6 is 0 Å². The summed E-state index contributed by atoms with van der Waals surface area (Å²) in [5, 5.41) is 0. The number of aromatic nitrogens is 3. The lowest BCUT2D eigenvalue weighted by Gasteiger charge is -2.31. The number of hydrogen-bond donors (Lipinski definition) is 1. The summed E-state index contributed by atoms with van der Waals surface area (Å²) in [6.07, 6.45) is 8.08. The molecule has 10 nitrogen and oxygen atoms in total. The molecule has 2 aliphatic heterocycles. The Hall–Kier alpha value is -3.53. The van der Waals surface area contributed by atoms with Crippen molar-refractivity contribution < 1.29 is 14.3 Å². The number of hydrogen-bond acceptors (Lipinski definition) is 6. The Bertz CT molecular complexity index is 1080. The molecule has 2 aromatic heterocycles. The number of fused-ring (bicyclic) bond motifs is 1. The van der Waals surface area contributed by atoms with Crippen LogP contribution in [0.5, 0.6) is 5.88 Å². The van der Waals surface area contributed by atoms with Crippen LogP contribution in [0.4, 0.5) is 0 Å². The minimum Gasteiger partial charge on any atom is -0.473 e. The average Bonchev–Trinajstić information content (AvgIpc) is 3.28. The maximum Gasteiger partial charge on any atom is 0.245 e. The molecular formula is C23H29N7O3. The monoisotopic (exact) mass is 451 g/mol. The van der Waals surface area contributed by atoms with Gasteiger partial charge in [0.25, 0.3) is 0 Å². The molecule has 1 N–H and O–H groups in total. The van der Waals surface area contributed by atoms with E-state index in [0.29, 0.717) is 43.8 Å². The fourth-order valence-electron chi connectivity index (χ4n) is 3.94. The molecule has 0 saturated carbocycles. The minimum atomic E-state index is -0.0417. The van der Waals surface area contributed by atoms with E-state index in [1.165, 1.54) is 6.08 Å². The van der Waals surface area contributed by atoms with Crippen LogP contribution in [-0.4, -0.2) is 88.8 Å². The highest BCUT2D eigenvalue weighted by molar-refractivity contribution is 5.89. The first-order valence-corrected chi connectivity index (χ1v) is 11.1. The highest BCUT2D eigenvalue weighted by atomic mass is 16.5. The molecule has 2 aliphatic rings. The normalized spacial score (nSPS) is 18.5. The summed E-state index contributed by atoms with van der Waals surface area (Å²) in [5.74, 6) is 1.00. The van der Waals surface area contributed by atoms with Gasteiger partial charge in [-0.3, -0.25) is 4.79 Å². The number of likely N-dealkylation sites (tertiary alicyclic amines) is 1. The quantitative estimate of drug-likeness (QED) is 0.424. The molecule has 33 heavy (non-hydrogen) atoms. The summed E-state index contributed by atoms with van der Waals surface area (Å²) >= 11 is 0. The second kappa shape index (κ2) is 10.4. The van der Waals surface area contributed by atoms with E-state index >= 15 is 0 Å². The van der Waals surface area contributed by atoms with Gasteiger partial charge < -0.3 is 24.3 Å².